The van der Waals surface area contributed by atoms with E-state index in [1.807, 2.05) is 0 Å². The second kappa shape index (κ2) is 4.93. The second-order valence-electron chi connectivity index (χ2n) is 2.72. The monoisotopic (exact) mass is 287 g/mol. The fourth-order valence-electron chi connectivity index (χ4n) is 1.06. The minimum atomic E-state index is -4.48. The molecule has 0 aliphatic rings. The molecular formula is C7H9BrF3N3O. The summed E-state index contributed by atoms with van der Waals surface area (Å²) in [7, 11) is 1.42. The van der Waals surface area contributed by atoms with Gasteiger partial charge in [-0.1, -0.05) is 15.9 Å². The molecule has 0 saturated heterocycles. The van der Waals surface area contributed by atoms with Crippen molar-refractivity contribution in [3.63, 3.8) is 0 Å². The van der Waals surface area contributed by atoms with E-state index in [-0.39, 0.29) is 24.3 Å². The third-order valence-electron chi connectivity index (χ3n) is 1.72. The Kier molecular flexibility index (Phi) is 4.09. The summed E-state index contributed by atoms with van der Waals surface area (Å²) in [4.78, 5) is 0. The van der Waals surface area contributed by atoms with Gasteiger partial charge in [0.05, 0.1) is 11.9 Å². The highest BCUT2D eigenvalue weighted by Gasteiger charge is 2.38. The van der Waals surface area contributed by atoms with Crippen LogP contribution in [0.4, 0.5) is 13.2 Å². The van der Waals surface area contributed by atoms with Gasteiger partial charge in [-0.05, 0) is 0 Å². The summed E-state index contributed by atoms with van der Waals surface area (Å²) in [6.45, 7) is 0.264. The fourth-order valence-corrected chi connectivity index (χ4v) is 1.48. The molecule has 0 aromatic carbocycles. The Balaban J connectivity index is 3.00. The van der Waals surface area contributed by atoms with Crippen LogP contribution in [0.3, 0.4) is 0 Å². The summed E-state index contributed by atoms with van der Waals surface area (Å²) in [5.74, 6) is -0.756. The zero-order valence-electron chi connectivity index (χ0n) is 7.88. The minimum Gasteiger partial charge on any atom is -0.383 e. The fraction of sp³-hybridized carbons (Fsp3) is 0.714. The Morgan fingerprint density at radius 2 is 2.07 bits per heavy atom. The molecule has 0 spiro atoms. The normalized spacial score (nSPS) is 12.1. The van der Waals surface area contributed by atoms with Crippen molar-refractivity contribution >= 4 is 15.9 Å². The van der Waals surface area contributed by atoms with Gasteiger partial charge in [0.15, 0.2) is 0 Å². The van der Waals surface area contributed by atoms with Gasteiger partial charge in [-0.15, -0.1) is 10.2 Å². The lowest BCUT2D eigenvalue weighted by Crippen LogP contribution is -2.18. The molecule has 1 rings (SSSR count). The molecule has 1 heterocycles. The van der Waals surface area contributed by atoms with Crippen molar-refractivity contribution < 1.29 is 17.9 Å². The quantitative estimate of drug-likeness (QED) is 0.794. The van der Waals surface area contributed by atoms with Crippen molar-refractivity contribution in [2.45, 2.75) is 18.1 Å². The van der Waals surface area contributed by atoms with E-state index in [2.05, 4.69) is 26.1 Å². The number of nitrogens with zero attached hydrogens (tertiary/aromatic N) is 3. The molecule has 0 radical (unpaired) electrons. The Morgan fingerprint density at radius 3 is 2.53 bits per heavy atom. The lowest BCUT2D eigenvalue weighted by molar-refractivity contribution is -0.147. The average Bonchev–Trinajstić information content (AvgIpc) is 2.56. The van der Waals surface area contributed by atoms with E-state index in [1.54, 1.807) is 0 Å². The van der Waals surface area contributed by atoms with Gasteiger partial charge in [0.1, 0.15) is 5.82 Å². The molecule has 8 heteroatoms. The number of alkyl halides is 4. The van der Waals surface area contributed by atoms with Gasteiger partial charge >= 0.3 is 6.18 Å². The van der Waals surface area contributed by atoms with Crippen LogP contribution in [0, 0.1) is 0 Å². The van der Waals surface area contributed by atoms with E-state index in [1.165, 1.54) is 7.11 Å². The van der Waals surface area contributed by atoms with Gasteiger partial charge in [0, 0.05) is 13.7 Å². The molecule has 0 aliphatic carbocycles. The zero-order chi connectivity index (χ0) is 11.5. The first-order valence-corrected chi connectivity index (χ1v) is 5.17. The van der Waals surface area contributed by atoms with Crippen molar-refractivity contribution in [2.24, 2.45) is 0 Å². The van der Waals surface area contributed by atoms with Gasteiger partial charge in [-0.3, -0.25) is 0 Å². The molecule has 0 fully saturated rings. The van der Waals surface area contributed by atoms with Gasteiger partial charge in [0.25, 0.3) is 0 Å². The third-order valence-corrected chi connectivity index (χ3v) is 2.22. The van der Waals surface area contributed by atoms with Gasteiger partial charge in [-0.2, -0.15) is 13.2 Å². The van der Waals surface area contributed by atoms with E-state index in [0.717, 1.165) is 4.57 Å². The summed E-state index contributed by atoms with van der Waals surface area (Å²) < 4.78 is 43.1. The molecule has 1 aromatic rings. The van der Waals surface area contributed by atoms with Gasteiger partial charge in [-0.25, -0.2) is 0 Å². The van der Waals surface area contributed by atoms with E-state index < -0.39 is 12.0 Å². The van der Waals surface area contributed by atoms with Gasteiger partial charge < -0.3 is 9.30 Å². The van der Waals surface area contributed by atoms with Crippen LogP contribution in [-0.4, -0.2) is 28.5 Å². The number of aromatic nitrogens is 3. The molecule has 0 unspecified atom stereocenters. The minimum absolute atomic E-state index is 0.0826. The van der Waals surface area contributed by atoms with Crippen molar-refractivity contribution in [1.29, 1.82) is 0 Å². The standard InChI is InChI=1S/C7H9BrF3N3O/c1-15-3-2-14-5(4-8)12-13-6(14)7(9,10)11/h2-4H2,1H3. The van der Waals surface area contributed by atoms with Crippen LogP contribution in [0.15, 0.2) is 0 Å². The molecule has 1 aromatic heterocycles. The van der Waals surface area contributed by atoms with Crippen molar-refractivity contribution in [3.8, 4) is 0 Å². The zero-order valence-corrected chi connectivity index (χ0v) is 9.47. The summed E-state index contributed by atoms with van der Waals surface area (Å²) in [5, 5.41) is 6.78. The largest absolute Gasteiger partial charge is 0.451 e. The summed E-state index contributed by atoms with van der Waals surface area (Å²) in [6, 6.07) is 0. The lowest BCUT2D eigenvalue weighted by Gasteiger charge is -2.10. The van der Waals surface area contributed by atoms with Crippen LogP contribution in [0.5, 0.6) is 0 Å². The Labute approximate surface area is 92.6 Å². The van der Waals surface area contributed by atoms with Crippen LogP contribution in [0.2, 0.25) is 0 Å². The molecular weight excluding hydrogens is 279 g/mol. The maximum atomic E-state index is 12.4. The Bertz CT molecular complexity index is 326. The summed E-state index contributed by atoms with van der Waals surface area (Å²) in [6.07, 6.45) is -4.48. The maximum Gasteiger partial charge on any atom is 0.451 e. The topological polar surface area (TPSA) is 39.9 Å². The van der Waals surface area contributed by atoms with Crippen LogP contribution >= 0.6 is 15.9 Å². The second-order valence-corrected chi connectivity index (χ2v) is 3.28. The van der Waals surface area contributed by atoms with Crippen LogP contribution in [-0.2, 0) is 22.8 Å². The van der Waals surface area contributed by atoms with E-state index in [0.29, 0.717) is 0 Å². The molecule has 0 atom stereocenters. The average molecular weight is 288 g/mol. The van der Waals surface area contributed by atoms with Crippen molar-refractivity contribution in [3.05, 3.63) is 11.6 Å². The highest BCUT2D eigenvalue weighted by Crippen LogP contribution is 2.28. The number of methoxy groups -OCH3 is 1. The number of ether oxygens (including phenoxy) is 1. The van der Waals surface area contributed by atoms with Gasteiger partial charge in [0.2, 0.25) is 5.82 Å². The molecule has 15 heavy (non-hydrogen) atoms. The Morgan fingerprint density at radius 1 is 1.40 bits per heavy atom. The molecule has 0 saturated carbocycles. The van der Waals surface area contributed by atoms with Crippen LogP contribution in [0.25, 0.3) is 0 Å². The lowest BCUT2D eigenvalue weighted by atomic mass is 10.5. The first-order valence-electron chi connectivity index (χ1n) is 4.05. The molecule has 0 amide bonds. The SMILES string of the molecule is COCCn1c(CBr)nnc1C(F)(F)F. The predicted molar refractivity (Wildman–Crippen MR) is 49.5 cm³/mol. The molecule has 4 nitrogen and oxygen atoms in total. The predicted octanol–water partition coefficient (Wildman–Crippen LogP) is 1.84. The Hall–Kier alpha value is -0.630. The summed E-state index contributed by atoms with van der Waals surface area (Å²) in [5.41, 5.74) is 0. The molecule has 0 N–H and O–H groups in total. The van der Waals surface area contributed by atoms with Crippen molar-refractivity contribution in [1.82, 2.24) is 14.8 Å². The van der Waals surface area contributed by atoms with E-state index in [4.69, 9.17) is 4.74 Å². The maximum absolute atomic E-state index is 12.4. The highest BCUT2D eigenvalue weighted by atomic mass is 79.9. The third kappa shape index (κ3) is 2.91. The number of hydrogen-bond acceptors (Lipinski definition) is 3. The smallest absolute Gasteiger partial charge is 0.383 e. The summed E-state index contributed by atoms with van der Waals surface area (Å²) >= 11 is 3.05. The molecule has 0 bridgehead atoms. The number of halogens is 4. The van der Waals surface area contributed by atoms with Crippen LogP contribution < -0.4 is 0 Å². The molecule has 0 aliphatic heterocycles. The molecule has 86 valence electrons. The first kappa shape index (κ1) is 12.4. The highest BCUT2D eigenvalue weighted by molar-refractivity contribution is 9.08. The van der Waals surface area contributed by atoms with E-state index in [9.17, 15) is 13.2 Å². The van der Waals surface area contributed by atoms with Crippen LogP contribution in [0.1, 0.15) is 11.6 Å². The number of hydrogen-bond donors (Lipinski definition) is 0. The number of rotatable bonds is 4. The van der Waals surface area contributed by atoms with E-state index >= 15 is 0 Å². The van der Waals surface area contributed by atoms with Crippen molar-refractivity contribution in [2.75, 3.05) is 13.7 Å². The first-order chi connectivity index (χ1) is 7.00.